The molecule has 0 atom stereocenters. The third-order valence-corrected chi connectivity index (χ3v) is 4.79. The van der Waals surface area contributed by atoms with Crippen molar-refractivity contribution in [1.29, 1.82) is 0 Å². The van der Waals surface area contributed by atoms with Gasteiger partial charge in [0.05, 0.1) is 4.90 Å². The van der Waals surface area contributed by atoms with Gasteiger partial charge in [0, 0.05) is 13.7 Å². The van der Waals surface area contributed by atoms with Gasteiger partial charge >= 0.3 is 0 Å². The second-order valence-electron chi connectivity index (χ2n) is 3.57. The van der Waals surface area contributed by atoms with Gasteiger partial charge in [0.2, 0.25) is 0 Å². The Kier molecular flexibility index (Phi) is 4.29. The highest BCUT2D eigenvalue weighted by atomic mass is 127. The zero-order chi connectivity index (χ0) is 13.2. The number of anilines is 1. The normalized spacial score (nSPS) is 11.2. The minimum absolute atomic E-state index is 0.232. The van der Waals surface area contributed by atoms with E-state index < -0.39 is 10.0 Å². The van der Waals surface area contributed by atoms with Crippen LogP contribution in [-0.2, 0) is 10.0 Å². The molecular weight excluding hydrogens is 429 g/mol. The molecule has 0 aliphatic rings. The van der Waals surface area contributed by atoms with Gasteiger partial charge in [-0.3, -0.25) is 4.72 Å². The van der Waals surface area contributed by atoms with Crippen LogP contribution in [0.15, 0.2) is 57.9 Å². The number of halogens is 2. The molecule has 0 aliphatic heterocycles. The highest BCUT2D eigenvalue weighted by molar-refractivity contribution is 14.1. The predicted octanol–water partition coefficient (Wildman–Crippen LogP) is 3.85. The number of rotatable bonds is 3. The summed E-state index contributed by atoms with van der Waals surface area (Å²) >= 11 is 5.42. The Labute approximate surface area is 128 Å². The molecular formula is C12H9BrINO2S. The molecule has 0 saturated heterocycles. The molecule has 2 aromatic carbocycles. The minimum Gasteiger partial charge on any atom is -0.280 e. The largest absolute Gasteiger partial charge is 0.280 e. The van der Waals surface area contributed by atoms with Gasteiger partial charge in [0.1, 0.15) is 0 Å². The third-order valence-electron chi connectivity index (χ3n) is 2.20. The van der Waals surface area contributed by atoms with E-state index >= 15 is 0 Å². The van der Waals surface area contributed by atoms with Crippen LogP contribution in [0.3, 0.4) is 0 Å². The van der Waals surface area contributed by atoms with E-state index in [9.17, 15) is 8.42 Å². The number of benzene rings is 2. The summed E-state index contributed by atoms with van der Waals surface area (Å²) in [6.07, 6.45) is 0. The van der Waals surface area contributed by atoms with E-state index in [4.69, 9.17) is 0 Å². The Morgan fingerprint density at radius 3 is 2.33 bits per heavy atom. The lowest BCUT2D eigenvalue weighted by molar-refractivity contribution is 0.601. The fourth-order valence-electron chi connectivity index (χ4n) is 1.37. The van der Waals surface area contributed by atoms with Crippen LogP contribution in [0.4, 0.5) is 5.69 Å². The van der Waals surface area contributed by atoms with Crippen LogP contribution >= 0.6 is 38.5 Å². The molecule has 2 aromatic rings. The van der Waals surface area contributed by atoms with E-state index in [1.165, 1.54) is 0 Å². The van der Waals surface area contributed by atoms with Crippen molar-refractivity contribution in [3.8, 4) is 0 Å². The number of hydrogen-bond donors (Lipinski definition) is 1. The highest BCUT2D eigenvalue weighted by Crippen LogP contribution is 2.20. The van der Waals surface area contributed by atoms with Crippen molar-refractivity contribution in [3.63, 3.8) is 0 Å². The van der Waals surface area contributed by atoms with Crippen molar-refractivity contribution in [2.24, 2.45) is 0 Å². The average Bonchev–Trinajstić information content (AvgIpc) is 2.32. The summed E-state index contributed by atoms with van der Waals surface area (Å²) in [5, 5.41) is 0. The molecule has 0 aliphatic carbocycles. The van der Waals surface area contributed by atoms with Crippen LogP contribution in [0.5, 0.6) is 0 Å². The first-order chi connectivity index (χ1) is 8.47. The monoisotopic (exact) mass is 437 g/mol. The van der Waals surface area contributed by atoms with E-state index in [0.29, 0.717) is 5.69 Å². The van der Waals surface area contributed by atoms with E-state index in [1.807, 2.05) is 12.1 Å². The van der Waals surface area contributed by atoms with Crippen LogP contribution < -0.4 is 4.72 Å². The highest BCUT2D eigenvalue weighted by Gasteiger charge is 2.13. The maximum absolute atomic E-state index is 12.1. The van der Waals surface area contributed by atoms with Gasteiger partial charge in [-0.25, -0.2) is 8.42 Å². The molecule has 3 nitrogen and oxygen atoms in total. The van der Waals surface area contributed by atoms with E-state index in [2.05, 4.69) is 43.2 Å². The van der Waals surface area contributed by atoms with Gasteiger partial charge in [-0.15, -0.1) is 0 Å². The summed E-state index contributed by atoms with van der Waals surface area (Å²) in [7, 11) is -3.53. The summed E-state index contributed by atoms with van der Waals surface area (Å²) in [5.74, 6) is 0. The van der Waals surface area contributed by atoms with Gasteiger partial charge in [-0.05, 0) is 65.1 Å². The molecule has 0 saturated carbocycles. The Balaban J connectivity index is 2.30. The van der Waals surface area contributed by atoms with Crippen LogP contribution in [0, 0.1) is 3.57 Å². The van der Waals surface area contributed by atoms with Gasteiger partial charge in [0.15, 0.2) is 0 Å². The molecule has 1 N–H and O–H groups in total. The molecule has 2 rings (SSSR count). The van der Waals surface area contributed by atoms with Gasteiger partial charge in [-0.2, -0.15) is 0 Å². The topological polar surface area (TPSA) is 46.2 Å². The van der Waals surface area contributed by atoms with E-state index in [1.54, 1.807) is 36.4 Å². The van der Waals surface area contributed by atoms with Crippen molar-refractivity contribution in [2.75, 3.05) is 4.72 Å². The van der Waals surface area contributed by atoms with Crippen LogP contribution in [0.2, 0.25) is 0 Å². The summed E-state index contributed by atoms with van der Waals surface area (Å²) in [4.78, 5) is 0.232. The molecule has 0 aromatic heterocycles. The van der Waals surface area contributed by atoms with Crippen LogP contribution in [0.25, 0.3) is 0 Å². The molecule has 0 unspecified atom stereocenters. The summed E-state index contributed by atoms with van der Waals surface area (Å²) in [5.41, 5.74) is 0.551. The first-order valence-corrected chi connectivity index (χ1v) is 8.37. The second-order valence-corrected chi connectivity index (χ2v) is 7.41. The van der Waals surface area contributed by atoms with Crippen molar-refractivity contribution >= 4 is 54.2 Å². The zero-order valence-electron chi connectivity index (χ0n) is 9.10. The summed E-state index contributed by atoms with van der Waals surface area (Å²) in [6, 6.07) is 13.7. The lowest BCUT2D eigenvalue weighted by Gasteiger charge is -2.08. The number of hydrogen-bond acceptors (Lipinski definition) is 2. The first kappa shape index (κ1) is 13.8. The SMILES string of the molecule is O=S(=O)(Nc1ccc(I)cc1)c1cccc(Br)c1. The van der Waals surface area contributed by atoms with Crippen LogP contribution in [0.1, 0.15) is 0 Å². The van der Waals surface area contributed by atoms with Gasteiger partial charge in [0.25, 0.3) is 10.0 Å². The fourth-order valence-corrected chi connectivity index (χ4v) is 3.38. The average molecular weight is 438 g/mol. The maximum atomic E-state index is 12.1. The molecule has 0 spiro atoms. The molecule has 0 heterocycles. The Morgan fingerprint density at radius 2 is 1.72 bits per heavy atom. The van der Waals surface area contributed by atoms with Crippen molar-refractivity contribution in [3.05, 3.63) is 56.6 Å². The lowest BCUT2D eigenvalue weighted by atomic mass is 10.3. The van der Waals surface area contributed by atoms with Crippen molar-refractivity contribution in [2.45, 2.75) is 4.90 Å². The van der Waals surface area contributed by atoms with Crippen LogP contribution in [-0.4, -0.2) is 8.42 Å². The number of sulfonamides is 1. The predicted molar refractivity (Wildman–Crippen MR) is 84.1 cm³/mol. The smallest absolute Gasteiger partial charge is 0.261 e. The molecule has 0 radical (unpaired) electrons. The maximum Gasteiger partial charge on any atom is 0.261 e. The first-order valence-electron chi connectivity index (χ1n) is 5.01. The lowest BCUT2D eigenvalue weighted by Crippen LogP contribution is -2.12. The van der Waals surface area contributed by atoms with Crippen molar-refractivity contribution in [1.82, 2.24) is 0 Å². The Hall–Kier alpha value is -0.600. The zero-order valence-corrected chi connectivity index (χ0v) is 13.7. The minimum atomic E-state index is -3.53. The van der Waals surface area contributed by atoms with Gasteiger partial charge in [-0.1, -0.05) is 22.0 Å². The second kappa shape index (κ2) is 5.58. The molecule has 0 amide bonds. The van der Waals surface area contributed by atoms with Gasteiger partial charge < -0.3 is 0 Å². The van der Waals surface area contributed by atoms with E-state index in [-0.39, 0.29) is 4.90 Å². The molecule has 0 bridgehead atoms. The van der Waals surface area contributed by atoms with E-state index in [0.717, 1.165) is 8.04 Å². The fraction of sp³-hybridized carbons (Fsp3) is 0. The summed E-state index contributed by atoms with van der Waals surface area (Å²) in [6.45, 7) is 0. The third kappa shape index (κ3) is 3.46. The summed E-state index contributed by atoms with van der Waals surface area (Å²) < 4.78 is 28.5. The quantitative estimate of drug-likeness (QED) is 0.741. The Morgan fingerprint density at radius 1 is 1.06 bits per heavy atom. The molecule has 0 fully saturated rings. The molecule has 18 heavy (non-hydrogen) atoms. The Bertz CT molecular complexity index is 656. The van der Waals surface area contributed by atoms with Crippen molar-refractivity contribution < 1.29 is 8.42 Å². The number of nitrogens with one attached hydrogen (secondary N) is 1. The molecule has 94 valence electrons. The molecule has 6 heteroatoms. The standard InChI is InChI=1S/C12H9BrINO2S/c13-9-2-1-3-12(8-9)18(16,17)15-11-6-4-10(14)5-7-11/h1-8,15H.